The van der Waals surface area contributed by atoms with Crippen molar-refractivity contribution in [2.75, 3.05) is 26.2 Å². The van der Waals surface area contributed by atoms with Gasteiger partial charge < -0.3 is 5.32 Å². The molecule has 0 aromatic rings. The van der Waals surface area contributed by atoms with E-state index in [0.717, 1.165) is 4.90 Å². The average molecular weight is 255 g/mol. The van der Waals surface area contributed by atoms with Crippen molar-refractivity contribution < 1.29 is 18.0 Å². The van der Waals surface area contributed by atoms with E-state index >= 15 is 0 Å². The van der Waals surface area contributed by atoms with Gasteiger partial charge in [-0.25, -0.2) is 0 Å². The molecule has 1 heterocycles. The SMILES string of the molecule is Cl.Cl.O=C1CN(CC(F)(F)F)CCN1. The zero-order valence-electron chi connectivity index (χ0n) is 7.13. The number of carbonyl (C=O) groups excluding carboxylic acids is 1. The van der Waals surface area contributed by atoms with Crippen molar-refractivity contribution in [3.8, 4) is 0 Å². The number of amides is 1. The third-order valence-electron chi connectivity index (χ3n) is 1.52. The smallest absolute Gasteiger partial charge is 0.354 e. The van der Waals surface area contributed by atoms with E-state index in [1.807, 2.05) is 0 Å². The van der Waals surface area contributed by atoms with Crippen LogP contribution in [0.15, 0.2) is 0 Å². The summed E-state index contributed by atoms with van der Waals surface area (Å²) >= 11 is 0. The minimum Gasteiger partial charge on any atom is -0.354 e. The molecule has 0 aliphatic carbocycles. The van der Waals surface area contributed by atoms with Crippen molar-refractivity contribution in [2.24, 2.45) is 0 Å². The Labute approximate surface area is 91.8 Å². The molecule has 0 aromatic carbocycles. The first kappa shape index (κ1) is 16.2. The summed E-state index contributed by atoms with van der Waals surface area (Å²) in [5.74, 6) is -0.342. The van der Waals surface area contributed by atoms with E-state index in [1.165, 1.54) is 0 Å². The maximum atomic E-state index is 11.8. The Hall–Kier alpha value is -0.200. The zero-order valence-corrected chi connectivity index (χ0v) is 8.77. The topological polar surface area (TPSA) is 32.3 Å². The van der Waals surface area contributed by atoms with Gasteiger partial charge in [-0.1, -0.05) is 0 Å². The summed E-state index contributed by atoms with van der Waals surface area (Å²) in [5.41, 5.74) is 0. The summed E-state index contributed by atoms with van der Waals surface area (Å²) in [5, 5.41) is 2.45. The lowest BCUT2D eigenvalue weighted by Gasteiger charge is -2.26. The van der Waals surface area contributed by atoms with E-state index in [1.54, 1.807) is 0 Å². The summed E-state index contributed by atoms with van der Waals surface area (Å²) < 4.78 is 35.4. The lowest BCUT2D eigenvalue weighted by Crippen LogP contribution is -2.50. The molecular formula is C6H11Cl2F3N2O. The van der Waals surface area contributed by atoms with Crippen molar-refractivity contribution in [3.63, 3.8) is 0 Å². The van der Waals surface area contributed by atoms with Gasteiger partial charge in [0.15, 0.2) is 0 Å². The number of alkyl halides is 3. The van der Waals surface area contributed by atoms with Crippen LogP contribution in [0.1, 0.15) is 0 Å². The molecule has 1 amide bonds. The van der Waals surface area contributed by atoms with Gasteiger partial charge in [-0.2, -0.15) is 13.2 Å². The van der Waals surface area contributed by atoms with Crippen LogP contribution in [0.4, 0.5) is 13.2 Å². The fourth-order valence-electron chi connectivity index (χ4n) is 1.08. The predicted molar refractivity (Wildman–Crippen MR) is 50.0 cm³/mol. The van der Waals surface area contributed by atoms with Gasteiger partial charge in [0.2, 0.25) is 5.91 Å². The first-order valence-electron chi connectivity index (χ1n) is 3.53. The largest absolute Gasteiger partial charge is 0.401 e. The number of nitrogens with zero attached hydrogens (tertiary/aromatic N) is 1. The fourth-order valence-corrected chi connectivity index (χ4v) is 1.08. The molecule has 14 heavy (non-hydrogen) atoms. The van der Waals surface area contributed by atoms with Gasteiger partial charge in [0, 0.05) is 13.1 Å². The average Bonchev–Trinajstić information content (AvgIpc) is 1.82. The molecule has 0 aromatic heterocycles. The molecule has 86 valence electrons. The second-order valence-corrected chi connectivity index (χ2v) is 2.68. The highest BCUT2D eigenvalue weighted by atomic mass is 35.5. The molecule has 8 heteroatoms. The molecule has 0 bridgehead atoms. The number of carbonyl (C=O) groups is 1. The monoisotopic (exact) mass is 254 g/mol. The van der Waals surface area contributed by atoms with E-state index in [9.17, 15) is 18.0 Å². The Balaban J connectivity index is 0. The van der Waals surface area contributed by atoms with Gasteiger partial charge >= 0.3 is 6.18 Å². The quantitative estimate of drug-likeness (QED) is 0.752. The summed E-state index contributed by atoms with van der Waals surface area (Å²) in [4.78, 5) is 11.7. The van der Waals surface area contributed by atoms with Crippen LogP contribution in [0.25, 0.3) is 0 Å². The van der Waals surface area contributed by atoms with E-state index in [4.69, 9.17) is 0 Å². The predicted octanol–water partition coefficient (Wildman–Crippen LogP) is 0.824. The summed E-state index contributed by atoms with van der Waals surface area (Å²) in [6, 6.07) is 0. The maximum absolute atomic E-state index is 11.8. The Morgan fingerprint density at radius 3 is 2.36 bits per heavy atom. The van der Waals surface area contributed by atoms with Crippen LogP contribution in [0.5, 0.6) is 0 Å². The van der Waals surface area contributed by atoms with Crippen molar-refractivity contribution in [3.05, 3.63) is 0 Å². The van der Waals surface area contributed by atoms with Crippen molar-refractivity contribution in [1.29, 1.82) is 0 Å². The van der Waals surface area contributed by atoms with Crippen LogP contribution >= 0.6 is 24.8 Å². The highest BCUT2D eigenvalue weighted by Crippen LogP contribution is 2.16. The van der Waals surface area contributed by atoms with Crippen molar-refractivity contribution in [2.45, 2.75) is 6.18 Å². The van der Waals surface area contributed by atoms with E-state index in [2.05, 4.69) is 5.32 Å². The molecule has 0 unspecified atom stereocenters. The van der Waals surface area contributed by atoms with Crippen LogP contribution in [0.3, 0.4) is 0 Å². The van der Waals surface area contributed by atoms with Gasteiger partial charge in [-0.15, -0.1) is 24.8 Å². The third kappa shape index (κ3) is 6.28. The summed E-state index contributed by atoms with van der Waals surface area (Å²) in [7, 11) is 0. The van der Waals surface area contributed by atoms with Crippen LogP contribution in [0.2, 0.25) is 0 Å². The molecule has 0 atom stereocenters. The fraction of sp³-hybridized carbons (Fsp3) is 0.833. The van der Waals surface area contributed by atoms with Gasteiger partial charge in [-0.3, -0.25) is 9.69 Å². The van der Waals surface area contributed by atoms with Crippen LogP contribution in [-0.4, -0.2) is 43.2 Å². The normalized spacial score (nSPS) is 17.8. The minimum atomic E-state index is -4.21. The first-order valence-corrected chi connectivity index (χ1v) is 3.53. The maximum Gasteiger partial charge on any atom is 0.401 e. The molecule has 1 rings (SSSR count). The third-order valence-corrected chi connectivity index (χ3v) is 1.52. The molecule has 1 aliphatic heterocycles. The summed E-state index contributed by atoms with van der Waals surface area (Å²) in [6.07, 6.45) is -4.21. The Kier molecular flexibility index (Phi) is 7.32. The molecule has 1 saturated heterocycles. The van der Waals surface area contributed by atoms with Gasteiger partial charge in [0.05, 0.1) is 13.1 Å². The molecular weight excluding hydrogens is 244 g/mol. The summed E-state index contributed by atoms with van der Waals surface area (Å²) in [6.45, 7) is -0.583. The molecule has 1 aliphatic rings. The van der Waals surface area contributed by atoms with E-state index in [0.29, 0.717) is 6.54 Å². The second kappa shape index (κ2) is 6.31. The highest BCUT2D eigenvalue weighted by molar-refractivity contribution is 5.85. The van der Waals surface area contributed by atoms with Crippen LogP contribution in [0, 0.1) is 0 Å². The van der Waals surface area contributed by atoms with Crippen molar-refractivity contribution in [1.82, 2.24) is 10.2 Å². The highest BCUT2D eigenvalue weighted by Gasteiger charge is 2.32. The number of piperazine rings is 1. The van der Waals surface area contributed by atoms with Gasteiger partial charge in [-0.05, 0) is 0 Å². The molecule has 0 saturated carbocycles. The minimum absolute atomic E-state index is 0. The first-order chi connectivity index (χ1) is 5.47. The Bertz CT molecular complexity index is 188. The Morgan fingerprint density at radius 1 is 1.36 bits per heavy atom. The van der Waals surface area contributed by atoms with Gasteiger partial charge in [0.1, 0.15) is 0 Å². The molecule has 1 fully saturated rings. The number of nitrogens with one attached hydrogen (secondary N) is 1. The van der Waals surface area contributed by atoms with Crippen LogP contribution in [-0.2, 0) is 4.79 Å². The number of hydrogen-bond donors (Lipinski definition) is 1. The second-order valence-electron chi connectivity index (χ2n) is 2.68. The zero-order chi connectivity index (χ0) is 9.19. The van der Waals surface area contributed by atoms with Crippen LogP contribution < -0.4 is 5.32 Å². The lowest BCUT2D eigenvalue weighted by molar-refractivity contribution is -0.151. The van der Waals surface area contributed by atoms with E-state index in [-0.39, 0.29) is 43.8 Å². The lowest BCUT2D eigenvalue weighted by atomic mass is 10.3. The van der Waals surface area contributed by atoms with E-state index < -0.39 is 12.7 Å². The van der Waals surface area contributed by atoms with Crippen molar-refractivity contribution >= 4 is 30.7 Å². The molecule has 1 N–H and O–H groups in total. The number of hydrogen-bond acceptors (Lipinski definition) is 2. The molecule has 3 nitrogen and oxygen atoms in total. The standard InChI is InChI=1S/C6H9F3N2O.2ClH/c7-6(8,9)4-11-2-1-10-5(12)3-11;;/h1-4H2,(H,10,12);2*1H. The molecule has 0 spiro atoms. The van der Waals surface area contributed by atoms with Gasteiger partial charge in [0.25, 0.3) is 0 Å². The number of rotatable bonds is 1. The Morgan fingerprint density at radius 2 is 1.93 bits per heavy atom. The number of halogens is 5. The molecule has 0 radical (unpaired) electrons.